The van der Waals surface area contributed by atoms with Crippen molar-refractivity contribution < 1.29 is 4.79 Å². The molecule has 0 aromatic rings. The lowest BCUT2D eigenvalue weighted by molar-refractivity contribution is -0.104. The van der Waals surface area contributed by atoms with Crippen LogP contribution >= 0.6 is 0 Å². The van der Waals surface area contributed by atoms with Crippen molar-refractivity contribution in [2.75, 3.05) is 7.05 Å². The Bertz CT molecular complexity index is 261. The summed E-state index contributed by atoms with van der Waals surface area (Å²) in [6.07, 6.45) is 4.60. The summed E-state index contributed by atoms with van der Waals surface area (Å²) >= 11 is 0. The number of rotatable bonds is 1. The van der Waals surface area contributed by atoms with Crippen molar-refractivity contribution in [3.63, 3.8) is 0 Å². The highest BCUT2D eigenvalue weighted by Crippen LogP contribution is 2.18. The second-order valence-electron chi connectivity index (χ2n) is 2.65. The number of allylic oxidation sites excluding steroid dienone is 3. The topological polar surface area (TPSA) is 20.3 Å². The van der Waals surface area contributed by atoms with E-state index in [0.717, 1.165) is 17.6 Å². The summed E-state index contributed by atoms with van der Waals surface area (Å²) in [5.41, 5.74) is 2.49. The van der Waals surface area contributed by atoms with Crippen LogP contribution in [0.2, 0.25) is 0 Å². The van der Waals surface area contributed by atoms with Crippen molar-refractivity contribution in [1.82, 2.24) is 4.90 Å². The third kappa shape index (κ3) is 1.40. The van der Waals surface area contributed by atoms with E-state index in [1.807, 2.05) is 31.1 Å². The van der Waals surface area contributed by atoms with Gasteiger partial charge in [-0.15, -0.1) is 0 Å². The molecule has 0 N–H and O–H groups in total. The SMILES string of the molecule is C=C1C(C=O)=CC(C)=CN1C. The molecular formula is C9H11NO. The van der Waals surface area contributed by atoms with E-state index in [1.165, 1.54) is 0 Å². The number of carbonyl (C=O) groups is 1. The fourth-order valence-electron chi connectivity index (χ4n) is 1.05. The van der Waals surface area contributed by atoms with Crippen LogP contribution in [0.1, 0.15) is 6.92 Å². The average Bonchev–Trinajstić information content (AvgIpc) is 1.96. The van der Waals surface area contributed by atoms with Crippen molar-refractivity contribution in [2.24, 2.45) is 0 Å². The maximum atomic E-state index is 10.5. The molecule has 0 aliphatic carbocycles. The zero-order valence-corrected chi connectivity index (χ0v) is 6.79. The van der Waals surface area contributed by atoms with Gasteiger partial charge in [0.1, 0.15) is 0 Å². The normalized spacial score (nSPS) is 17.6. The van der Waals surface area contributed by atoms with Crippen LogP contribution in [0.5, 0.6) is 0 Å². The first-order valence-corrected chi connectivity index (χ1v) is 3.42. The highest BCUT2D eigenvalue weighted by molar-refractivity contribution is 5.81. The second kappa shape index (κ2) is 2.74. The highest BCUT2D eigenvalue weighted by atomic mass is 16.1. The predicted octanol–water partition coefficient (Wildman–Crippen LogP) is 1.47. The Hall–Kier alpha value is -1.31. The molecule has 0 amide bonds. The van der Waals surface area contributed by atoms with Gasteiger partial charge in [-0.1, -0.05) is 6.58 Å². The van der Waals surface area contributed by atoms with E-state index in [0.29, 0.717) is 5.57 Å². The summed E-state index contributed by atoms with van der Waals surface area (Å²) in [7, 11) is 1.88. The Labute approximate surface area is 66.5 Å². The molecule has 11 heavy (non-hydrogen) atoms. The fraction of sp³-hybridized carbons (Fsp3) is 0.222. The first-order valence-electron chi connectivity index (χ1n) is 3.42. The first kappa shape index (κ1) is 7.79. The van der Waals surface area contributed by atoms with E-state index in [9.17, 15) is 4.79 Å². The minimum atomic E-state index is 0.660. The van der Waals surface area contributed by atoms with Crippen LogP contribution in [0, 0.1) is 0 Å². The van der Waals surface area contributed by atoms with Crippen LogP contribution in [0.3, 0.4) is 0 Å². The monoisotopic (exact) mass is 149 g/mol. The van der Waals surface area contributed by atoms with Crippen molar-refractivity contribution >= 4 is 6.29 Å². The van der Waals surface area contributed by atoms with Gasteiger partial charge < -0.3 is 4.90 Å². The van der Waals surface area contributed by atoms with Crippen LogP contribution < -0.4 is 0 Å². The van der Waals surface area contributed by atoms with Crippen LogP contribution in [0.15, 0.2) is 35.7 Å². The number of nitrogens with zero attached hydrogens (tertiary/aromatic N) is 1. The molecule has 1 heterocycles. The Balaban J connectivity index is 3.02. The number of hydrogen-bond acceptors (Lipinski definition) is 2. The molecule has 1 aliphatic rings. The Morgan fingerprint density at radius 3 is 2.82 bits per heavy atom. The highest BCUT2D eigenvalue weighted by Gasteiger charge is 2.09. The lowest BCUT2D eigenvalue weighted by Crippen LogP contribution is -2.15. The fourth-order valence-corrected chi connectivity index (χ4v) is 1.05. The molecule has 0 fully saturated rings. The summed E-state index contributed by atoms with van der Waals surface area (Å²) < 4.78 is 0. The lowest BCUT2D eigenvalue weighted by Gasteiger charge is -2.21. The molecule has 1 rings (SSSR count). The average molecular weight is 149 g/mol. The molecule has 2 nitrogen and oxygen atoms in total. The minimum Gasteiger partial charge on any atom is -0.351 e. The molecule has 0 saturated heterocycles. The largest absolute Gasteiger partial charge is 0.351 e. The van der Waals surface area contributed by atoms with Crippen LogP contribution in [0.25, 0.3) is 0 Å². The van der Waals surface area contributed by atoms with Gasteiger partial charge in [0.15, 0.2) is 6.29 Å². The first-order chi connectivity index (χ1) is 5.15. The number of likely N-dealkylation sites (N-methyl/N-ethyl adjacent to an activating group) is 1. The standard InChI is InChI=1S/C9H11NO/c1-7-4-9(6-11)8(2)10(3)5-7/h4-6H,2H2,1,3H3. The molecule has 0 spiro atoms. The second-order valence-corrected chi connectivity index (χ2v) is 2.65. The summed E-state index contributed by atoms with van der Waals surface area (Å²) in [5, 5.41) is 0. The van der Waals surface area contributed by atoms with Gasteiger partial charge in [-0.25, -0.2) is 0 Å². The van der Waals surface area contributed by atoms with Crippen LogP contribution in [-0.4, -0.2) is 18.2 Å². The van der Waals surface area contributed by atoms with Gasteiger partial charge in [0.2, 0.25) is 0 Å². The summed E-state index contributed by atoms with van der Waals surface area (Å²) in [6, 6.07) is 0. The molecule has 2 heteroatoms. The smallest absolute Gasteiger partial charge is 0.152 e. The molecule has 0 aromatic heterocycles. The third-order valence-corrected chi connectivity index (χ3v) is 1.67. The van der Waals surface area contributed by atoms with Crippen LogP contribution in [0.4, 0.5) is 0 Å². The number of aldehydes is 1. The predicted molar refractivity (Wildman–Crippen MR) is 44.8 cm³/mol. The third-order valence-electron chi connectivity index (χ3n) is 1.67. The van der Waals surface area contributed by atoms with Crippen LogP contribution in [-0.2, 0) is 4.79 Å². The van der Waals surface area contributed by atoms with Gasteiger partial charge >= 0.3 is 0 Å². The molecule has 0 bridgehead atoms. The summed E-state index contributed by atoms with van der Waals surface area (Å²) in [6.45, 7) is 5.71. The summed E-state index contributed by atoms with van der Waals surface area (Å²) in [5.74, 6) is 0. The minimum absolute atomic E-state index is 0.660. The number of carbonyl (C=O) groups excluding carboxylic acids is 1. The van der Waals surface area contributed by atoms with E-state index in [-0.39, 0.29) is 0 Å². The molecule has 0 unspecified atom stereocenters. The van der Waals surface area contributed by atoms with Gasteiger partial charge in [0.05, 0.1) is 0 Å². The Morgan fingerprint density at radius 2 is 2.27 bits per heavy atom. The van der Waals surface area contributed by atoms with E-state index in [2.05, 4.69) is 6.58 Å². The van der Waals surface area contributed by atoms with Gasteiger partial charge in [0.25, 0.3) is 0 Å². The van der Waals surface area contributed by atoms with E-state index in [1.54, 1.807) is 0 Å². The molecule has 58 valence electrons. The Kier molecular flexibility index (Phi) is 1.94. The Morgan fingerprint density at radius 1 is 1.64 bits per heavy atom. The van der Waals surface area contributed by atoms with E-state index < -0.39 is 0 Å². The van der Waals surface area contributed by atoms with E-state index in [4.69, 9.17) is 0 Å². The number of hydrogen-bond donors (Lipinski definition) is 0. The van der Waals surface area contributed by atoms with Crippen molar-refractivity contribution in [3.8, 4) is 0 Å². The molecule has 0 aromatic carbocycles. The van der Waals surface area contributed by atoms with Crippen molar-refractivity contribution in [2.45, 2.75) is 6.92 Å². The molecular weight excluding hydrogens is 138 g/mol. The molecule has 1 aliphatic heterocycles. The van der Waals surface area contributed by atoms with E-state index >= 15 is 0 Å². The molecule has 0 atom stereocenters. The van der Waals surface area contributed by atoms with Crippen molar-refractivity contribution in [1.29, 1.82) is 0 Å². The zero-order chi connectivity index (χ0) is 8.43. The van der Waals surface area contributed by atoms with Gasteiger partial charge in [-0.05, 0) is 18.6 Å². The van der Waals surface area contributed by atoms with Gasteiger partial charge in [0, 0.05) is 24.5 Å². The maximum Gasteiger partial charge on any atom is 0.152 e. The van der Waals surface area contributed by atoms with Crippen molar-refractivity contribution in [3.05, 3.63) is 35.7 Å². The summed E-state index contributed by atoms with van der Waals surface area (Å²) in [4.78, 5) is 12.3. The zero-order valence-electron chi connectivity index (χ0n) is 6.79. The van der Waals surface area contributed by atoms with Gasteiger partial charge in [-0.3, -0.25) is 4.79 Å². The lowest BCUT2D eigenvalue weighted by atomic mass is 10.1. The van der Waals surface area contributed by atoms with Gasteiger partial charge in [-0.2, -0.15) is 0 Å². The molecule has 0 radical (unpaired) electrons. The molecule has 0 saturated carbocycles. The maximum absolute atomic E-state index is 10.5. The quantitative estimate of drug-likeness (QED) is 0.526.